The highest BCUT2D eigenvalue weighted by Gasteiger charge is 2.22. The predicted octanol–water partition coefficient (Wildman–Crippen LogP) is 0.935. The third-order valence-electron chi connectivity index (χ3n) is 2.40. The molecule has 0 radical (unpaired) electrons. The highest BCUT2D eigenvalue weighted by Crippen LogP contribution is 2.04. The Bertz CT molecular complexity index is 183. The van der Waals surface area contributed by atoms with Crippen LogP contribution in [0.2, 0.25) is 0 Å². The summed E-state index contributed by atoms with van der Waals surface area (Å²) in [6.45, 7) is 8.15. The van der Waals surface area contributed by atoms with Crippen molar-refractivity contribution in [3.63, 3.8) is 0 Å². The Hall–Kier alpha value is -0.610. The summed E-state index contributed by atoms with van der Waals surface area (Å²) in [5.74, 6) is 0.0533. The van der Waals surface area contributed by atoms with E-state index in [1.165, 1.54) is 0 Å². The topological polar surface area (TPSA) is 58.6 Å². The first kappa shape index (κ1) is 14.4. The number of carbonyl (C=O) groups excluding carboxylic acids is 1. The molecule has 0 saturated heterocycles. The van der Waals surface area contributed by atoms with Gasteiger partial charge in [-0.05, 0) is 19.3 Å². The average Bonchev–Trinajstić information content (AvgIpc) is 2.19. The van der Waals surface area contributed by atoms with Gasteiger partial charge in [0, 0.05) is 6.04 Å². The molecule has 2 atom stereocenters. The molecule has 0 aliphatic carbocycles. The first-order chi connectivity index (χ1) is 7.06. The van der Waals surface area contributed by atoms with Gasteiger partial charge in [0.05, 0.1) is 13.2 Å². The smallest absolute Gasteiger partial charge is 0.323 e. The third kappa shape index (κ3) is 5.14. The number of hydrogen-bond donors (Lipinski definition) is 2. The van der Waals surface area contributed by atoms with Crippen molar-refractivity contribution in [2.24, 2.45) is 5.92 Å². The summed E-state index contributed by atoms with van der Waals surface area (Å²) in [6, 6.07) is -0.371. The Morgan fingerprint density at radius 1 is 1.40 bits per heavy atom. The number of rotatable bonds is 7. The number of esters is 1. The van der Waals surface area contributed by atoms with Gasteiger partial charge in [-0.2, -0.15) is 0 Å². The molecule has 2 unspecified atom stereocenters. The van der Waals surface area contributed by atoms with E-state index in [-0.39, 0.29) is 24.7 Å². The van der Waals surface area contributed by atoms with Crippen molar-refractivity contribution in [2.45, 2.75) is 46.2 Å². The lowest BCUT2D eigenvalue weighted by Gasteiger charge is -2.25. The largest absolute Gasteiger partial charge is 0.465 e. The molecular weight excluding hydrogens is 194 g/mol. The van der Waals surface area contributed by atoms with Gasteiger partial charge in [-0.1, -0.05) is 20.8 Å². The van der Waals surface area contributed by atoms with Crippen molar-refractivity contribution in [2.75, 3.05) is 13.2 Å². The van der Waals surface area contributed by atoms with Crippen LogP contribution < -0.4 is 5.32 Å². The first-order valence-electron chi connectivity index (χ1n) is 5.60. The molecule has 0 saturated carbocycles. The number of carbonyl (C=O) groups is 1. The molecule has 90 valence electrons. The van der Waals surface area contributed by atoms with Crippen LogP contribution in [0.15, 0.2) is 0 Å². The summed E-state index contributed by atoms with van der Waals surface area (Å²) in [4.78, 5) is 11.5. The number of nitrogens with one attached hydrogen (secondary N) is 1. The molecular formula is C11H23NO3. The van der Waals surface area contributed by atoms with Crippen molar-refractivity contribution in [3.05, 3.63) is 0 Å². The number of hydrogen-bond acceptors (Lipinski definition) is 4. The zero-order valence-electron chi connectivity index (χ0n) is 10.1. The molecule has 0 aromatic carbocycles. The summed E-state index contributed by atoms with van der Waals surface area (Å²) in [7, 11) is 0. The molecule has 4 heteroatoms. The lowest BCUT2D eigenvalue weighted by molar-refractivity contribution is -0.146. The van der Waals surface area contributed by atoms with E-state index in [1.807, 2.05) is 20.8 Å². The lowest BCUT2D eigenvalue weighted by atomic mass is 10.0. The van der Waals surface area contributed by atoms with E-state index in [0.717, 1.165) is 0 Å². The zero-order chi connectivity index (χ0) is 11.8. The number of aliphatic hydroxyl groups is 1. The van der Waals surface area contributed by atoms with E-state index in [1.54, 1.807) is 6.92 Å². The zero-order valence-corrected chi connectivity index (χ0v) is 10.1. The molecule has 15 heavy (non-hydrogen) atoms. The fourth-order valence-corrected chi connectivity index (χ4v) is 1.31. The van der Waals surface area contributed by atoms with Crippen molar-refractivity contribution >= 4 is 5.97 Å². The maximum atomic E-state index is 11.5. The Balaban J connectivity index is 4.23. The molecule has 0 amide bonds. The minimum Gasteiger partial charge on any atom is -0.465 e. The van der Waals surface area contributed by atoms with Gasteiger partial charge < -0.3 is 9.84 Å². The second-order valence-electron chi connectivity index (χ2n) is 3.91. The first-order valence-corrected chi connectivity index (χ1v) is 5.60. The predicted molar refractivity (Wildman–Crippen MR) is 59.6 cm³/mol. The van der Waals surface area contributed by atoms with Gasteiger partial charge in [-0.15, -0.1) is 0 Å². The third-order valence-corrected chi connectivity index (χ3v) is 2.40. The maximum absolute atomic E-state index is 11.5. The van der Waals surface area contributed by atoms with E-state index in [0.29, 0.717) is 18.9 Å². The van der Waals surface area contributed by atoms with Gasteiger partial charge in [0.15, 0.2) is 0 Å². The van der Waals surface area contributed by atoms with Crippen LogP contribution in [0, 0.1) is 5.92 Å². The van der Waals surface area contributed by atoms with Crippen molar-refractivity contribution in [1.29, 1.82) is 0 Å². The highest BCUT2D eigenvalue weighted by molar-refractivity contribution is 5.75. The van der Waals surface area contributed by atoms with Gasteiger partial charge in [0.25, 0.3) is 0 Å². The van der Waals surface area contributed by atoms with E-state index in [9.17, 15) is 4.79 Å². The quantitative estimate of drug-likeness (QED) is 0.623. The monoisotopic (exact) mass is 217 g/mol. The summed E-state index contributed by atoms with van der Waals surface area (Å²) in [5.41, 5.74) is 0. The molecule has 0 heterocycles. The second-order valence-corrected chi connectivity index (χ2v) is 3.91. The second kappa shape index (κ2) is 7.65. The highest BCUT2D eigenvalue weighted by atomic mass is 16.5. The normalized spacial score (nSPS) is 15.1. The number of aliphatic hydroxyl groups excluding tert-OH is 1. The van der Waals surface area contributed by atoms with Crippen molar-refractivity contribution < 1.29 is 14.6 Å². The molecule has 0 aromatic rings. The van der Waals surface area contributed by atoms with Gasteiger partial charge in [0.1, 0.15) is 6.04 Å². The molecule has 0 spiro atoms. The van der Waals surface area contributed by atoms with Gasteiger partial charge in [-0.3, -0.25) is 10.1 Å². The molecule has 0 aromatic heterocycles. The van der Waals surface area contributed by atoms with E-state index >= 15 is 0 Å². The fraction of sp³-hybridized carbons (Fsp3) is 0.909. The Morgan fingerprint density at radius 3 is 2.33 bits per heavy atom. The summed E-state index contributed by atoms with van der Waals surface area (Å²) >= 11 is 0. The van der Waals surface area contributed by atoms with Gasteiger partial charge in [0.2, 0.25) is 0 Å². The molecule has 4 nitrogen and oxygen atoms in total. The average molecular weight is 217 g/mol. The van der Waals surface area contributed by atoms with Crippen LogP contribution in [0.1, 0.15) is 34.1 Å². The number of ether oxygens (including phenoxy) is 1. The van der Waals surface area contributed by atoms with Gasteiger partial charge in [-0.25, -0.2) is 0 Å². The van der Waals surface area contributed by atoms with E-state index < -0.39 is 0 Å². The molecule has 0 aliphatic heterocycles. The van der Waals surface area contributed by atoms with E-state index in [2.05, 4.69) is 5.32 Å². The van der Waals surface area contributed by atoms with Gasteiger partial charge >= 0.3 is 5.97 Å². The minimum absolute atomic E-state index is 0.0353. The molecule has 0 aliphatic rings. The maximum Gasteiger partial charge on any atom is 0.323 e. The summed E-state index contributed by atoms with van der Waals surface area (Å²) in [6.07, 6.45) is 0.669. The van der Waals surface area contributed by atoms with Crippen LogP contribution in [-0.4, -0.2) is 36.4 Å². The molecule has 0 rings (SSSR count). The van der Waals surface area contributed by atoms with Crippen molar-refractivity contribution in [1.82, 2.24) is 5.32 Å². The molecule has 2 N–H and O–H groups in total. The lowest BCUT2D eigenvalue weighted by Crippen LogP contribution is -2.47. The van der Waals surface area contributed by atoms with Crippen LogP contribution >= 0.6 is 0 Å². The van der Waals surface area contributed by atoms with Crippen LogP contribution in [0.25, 0.3) is 0 Å². The molecule has 0 fully saturated rings. The van der Waals surface area contributed by atoms with Crippen molar-refractivity contribution in [3.8, 4) is 0 Å². The summed E-state index contributed by atoms with van der Waals surface area (Å²) in [5, 5.41) is 12.3. The van der Waals surface area contributed by atoms with Crippen LogP contribution in [0.4, 0.5) is 0 Å². The van der Waals surface area contributed by atoms with Crippen LogP contribution in [-0.2, 0) is 9.53 Å². The Labute approximate surface area is 92.0 Å². The van der Waals surface area contributed by atoms with Crippen LogP contribution in [0.3, 0.4) is 0 Å². The molecule has 0 bridgehead atoms. The van der Waals surface area contributed by atoms with Crippen LogP contribution in [0.5, 0.6) is 0 Å². The summed E-state index contributed by atoms with van der Waals surface area (Å²) < 4.78 is 4.94. The van der Waals surface area contributed by atoms with E-state index in [4.69, 9.17) is 9.84 Å². The Kier molecular flexibility index (Phi) is 7.34. The standard InChI is InChI=1S/C11H23NO3/c1-5-9(11(14)15-6-2)12-10(7-13)8(3)4/h8-10,12-13H,5-7H2,1-4H3. The fourth-order valence-electron chi connectivity index (χ4n) is 1.31. The Morgan fingerprint density at radius 2 is 2.00 bits per heavy atom. The minimum atomic E-state index is -0.315. The SMILES string of the molecule is CCOC(=O)C(CC)NC(CO)C(C)C.